The minimum absolute atomic E-state index is 0.955. The molecule has 0 unspecified atom stereocenters. The molecule has 2 heteroatoms. The third-order valence-electron chi connectivity index (χ3n) is 11.4. The molecule has 0 fully saturated rings. The molecule has 0 saturated carbocycles. The van der Waals surface area contributed by atoms with Crippen molar-refractivity contribution in [2.45, 2.75) is 6.42 Å². The maximum atomic E-state index is 2.40. The van der Waals surface area contributed by atoms with Gasteiger partial charge >= 0.3 is 0 Å². The number of aromatic nitrogens is 1. The average molecular weight is 701 g/mol. The lowest BCUT2D eigenvalue weighted by atomic mass is 10.00. The summed E-state index contributed by atoms with van der Waals surface area (Å²) < 4.78 is 2.37. The summed E-state index contributed by atoms with van der Waals surface area (Å²) in [5.41, 5.74) is 17.3. The van der Waals surface area contributed by atoms with Gasteiger partial charge < -0.3 is 9.47 Å². The molecule has 258 valence electrons. The zero-order valence-electron chi connectivity index (χ0n) is 30.2. The van der Waals surface area contributed by atoms with Gasteiger partial charge in [-0.15, -0.1) is 0 Å². The zero-order valence-corrected chi connectivity index (χ0v) is 30.2. The second kappa shape index (κ2) is 12.8. The first-order valence-corrected chi connectivity index (χ1v) is 19.0. The first kappa shape index (κ1) is 31.4. The van der Waals surface area contributed by atoms with Gasteiger partial charge in [-0.05, 0) is 134 Å². The van der Waals surface area contributed by atoms with Crippen LogP contribution in [0, 0.1) is 0 Å². The van der Waals surface area contributed by atoms with Gasteiger partial charge in [0, 0.05) is 33.5 Å². The second-order valence-electron chi connectivity index (χ2n) is 14.6. The Kier molecular flexibility index (Phi) is 7.28. The van der Waals surface area contributed by atoms with Crippen molar-refractivity contribution in [2.75, 3.05) is 4.90 Å². The maximum Gasteiger partial charge on any atom is 0.0541 e. The summed E-state index contributed by atoms with van der Waals surface area (Å²) in [4.78, 5) is 2.40. The van der Waals surface area contributed by atoms with Crippen molar-refractivity contribution in [1.29, 1.82) is 0 Å². The topological polar surface area (TPSA) is 8.17 Å². The highest BCUT2D eigenvalue weighted by atomic mass is 15.1. The van der Waals surface area contributed by atoms with Crippen molar-refractivity contribution in [1.82, 2.24) is 4.57 Å². The monoisotopic (exact) mass is 700 g/mol. The molecule has 0 amide bonds. The molecule has 1 heterocycles. The van der Waals surface area contributed by atoms with E-state index in [-0.39, 0.29) is 0 Å². The lowest BCUT2D eigenvalue weighted by molar-refractivity contribution is 1.18. The van der Waals surface area contributed by atoms with E-state index in [1.807, 2.05) is 0 Å². The van der Waals surface area contributed by atoms with Crippen LogP contribution in [0.3, 0.4) is 0 Å². The van der Waals surface area contributed by atoms with E-state index >= 15 is 0 Å². The fourth-order valence-corrected chi connectivity index (χ4v) is 8.70. The fourth-order valence-electron chi connectivity index (χ4n) is 8.70. The molecular weight excluding hydrogens is 665 g/mol. The summed E-state index contributed by atoms with van der Waals surface area (Å²) in [5.74, 6) is 0. The van der Waals surface area contributed by atoms with Crippen molar-refractivity contribution in [3.63, 3.8) is 0 Å². The van der Waals surface area contributed by atoms with Crippen LogP contribution in [-0.4, -0.2) is 4.57 Å². The van der Waals surface area contributed by atoms with Crippen molar-refractivity contribution in [3.8, 4) is 39.1 Å². The summed E-state index contributed by atoms with van der Waals surface area (Å²) in [5, 5.41) is 5.03. The smallest absolute Gasteiger partial charge is 0.0541 e. The molecular formula is C53H36N2. The Balaban J connectivity index is 0.987. The lowest BCUT2D eigenvalue weighted by Crippen LogP contribution is -2.10. The van der Waals surface area contributed by atoms with E-state index in [1.54, 1.807) is 0 Å². The van der Waals surface area contributed by atoms with Crippen LogP contribution in [0.2, 0.25) is 0 Å². The third-order valence-corrected chi connectivity index (χ3v) is 11.4. The highest BCUT2D eigenvalue weighted by molar-refractivity contribution is 6.10. The molecule has 0 saturated heterocycles. The Bertz CT molecular complexity index is 3040. The van der Waals surface area contributed by atoms with Crippen LogP contribution in [-0.2, 0) is 6.42 Å². The normalized spacial score (nSPS) is 11.9. The quantitative estimate of drug-likeness (QED) is 0.168. The third kappa shape index (κ3) is 5.34. The first-order chi connectivity index (χ1) is 27.2. The molecule has 1 aliphatic carbocycles. The number of nitrogens with zero attached hydrogens (tertiary/aromatic N) is 2. The van der Waals surface area contributed by atoms with Crippen LogP contribution in [0.5, 0.6) is 0 Å². The number of hydrogen-bond donors (Lipinski definition) is 0. The number of hydrogen-bond acceptors (Lipinski definition) is 1. The summed E-state index contributed by atoms with van der Waals surface area (Å²) in [6, 6.07) is 75.4. The Morgan fingerprint density at radius 1 is 0.345 bits per heavy atom. The number of benzene rings is 9. The van der Waals surface area contributed by atoms with E-state index in [9.17, 15) is 0 Å². The molecule has 55 heavy (non-hydrogen) atoms. The lowest BCUT2D eigenvalue weighted by Gasteiger charge is -2.26. The fraction of sp³-hybridized carbons (Fsp3) is 0.0189. The highest BCUT2D eigenvalue weighted by Gasteiger charge is 2.21. The summed E-state index contributed by atoms with van der Waals surface area (Å²) in [6.07, 6.45) is 0.955. The van der Waals surface area contributed by atoms with Gasteiger partial charge in [0.2, 0.25) is 0 Å². The Labute approximate surface area is 320 Å². The van der Waals surface area contributed by atoms with Gasteiger partial charge in [-0.25, -0.2) is 0 Å². The van der Waals surface area contributed by atoms with Gasteiger partial charge in [-0.1, -0.05) is 133 Å². The Hall–Kier alpha value is -7.16. The molecule has 1 aromatic heterocycles. The average Bonchev–Trinajstić information content (AvgIpc) is 3.79. The van der Waals surface area contributed by atoms with E-state index in [4.69, 9.17) is 0 Å². The predicted octanol–water partition coefficient (Wildman–Crippen LogP) is 14.3. The number of fused-ring (bicyclic) bond motifs is 7. The van der Waals surface area contributed by atoms with Crippen molar-refractivity contribution in [2.24, 2.45) is 0 Å². The van der Waals surface area contributed by atoms with E-state index in [1.165, 1.54) is 82.8 Å². The maximum absolute atomic E-state index is 2.40. The molecule has 0 aliphatic heterocycles. The van der Waals surface area contributed by atoms with Crippen LogP contribution in [0.15, 0.2) is 206 Å². The van der Waals surface area contributed by atoms with Crippen LogP contribution < -0.4 is 4.90 Å². The van der Waals surface area contributed by atoms with Crippen LogP contribution in [0.4, 0.5) is 17.1 Å². The van der Waals surface area contributed by atoms with Gasteiger partial charge in [0.05, 0.1) is 11.0 Å². The Morgan fingerprint density at radius 3 is 1.73 bits per heavy atom. The molecule has 10 aromatic rings. The van der Waals surface area contributed by atoms with E-state index in [2.05, 4.69) is 216 Å². The second-order valence-corrected chi connectivity index (χ2v) is 14.6. The predicted molar refractivity (Wildman–Crippen MR) is 232 cm³/mol. The van der Waals surface area contributed by atoms with Crippen molar-refractivity contribution < 1.29 is 0 Å². The van der Waals surface area contributed by atoms with Gasteiger partial charge in [-0.2, -0.15) is 0 Å². The number of anilines is 3. The van der Waals surface area contributed by atoms with Crippen LogP contribution >= 0.6 is 0 Å². The largest absolute Gasteiger partial charge is 0.310 e. The molecule has 1 aliphatic rings. The van der Waals surface area contributed by atoms with Crippen LogP contribution in [0.25, 0.3) is 71.6 Å². The molecule has 0 spiro atoms. The van der Waals surface area contributed by atoms with Gasteiger partial charge in [0.25, 0.3) is 0 Å². The van der Waals surface area contributed by atoms with Gasteiger partial charge in [0.1, 0.15) is 0 Å². The first-order valence-electron chi connectivity index (χ1n) is 19.0. The molecule has 11 rings (SSSR count). The minimum Gasteiger partial charge on any atom is -0.310 e. The molecule has 0 N–H and O–H groups in total. The van der Waals surface area contributed by atoms with E-state index in [0.717, 1.165) is 23.5 Å². The zero-order chi connectivity index (χ0) is 36.3. The van der Waals surface area contributed by atoms with Crippen LogP contribution in [0.1, 0.15) is 11.1 Å². The summed E-state index contributed by atoms with van der Waals surface area (Å²) in [6.45, 7) is 0. The number of para-hydroxylation sites is 2. The highest BCUT2D eigenvalue weighted by Crippen LogP contribution is 2.43. The summed E-state index contributed by atoms with van der Waals surface area (Å²) >= 11 is 0. The van der Waals surface area contributed by atoms with Gasteiger partial charge in [0.15, 0.2) is 0 Å². The minimum atomic E-state index is 0.955. The Morgan fingerprint density at radius 2 is 0.927 bits per heavy atom. The summed E-state index contributed by atoms with van der Waals surface area (Å²) in [7, 11) is 0. The van der Waals surface area contributed by atoms with E-state index < -0.39 is 0 Å². The van der Waals surface area contributed by atoms with Gasteiger partial charge in [-0.3, -0.25) is 0 Å². The molecule has 0 atom stereocenters. The van der Waals surface area contributed by atoms with E-state index in [0.29, 0.717) is 0 Å². The van der Waals surface area contributed by atoms with Crippen molar-refractivity contribution >= 4 is 49.6 Å². The molecule has 0 bridgehead atoms. The molecule has 9 aromatic carbocycles. The van der Waals surface area contributed by atoms with Crippen molar-refractivity contribution in [3.05, 3.63) is 217 Å². The molecule has 0 radical (unpaired) electrons. The molecule has 2 nitrogen and oxygen atoms in total. The number of rotatable bonds is 6. The standard InChI is InChI=1S/C53H36N2/c1-2-13-44(14-3-1)55-52-17-9-8-16-50(52)51-35-41(24-31-53(51)55)38-22-27-46(28-23-38)54(47-29-30-49-43(34-47)33-42-12-6-7-15-48(42)49)45-25-20-37(21-26-45)40-19-18-36-10-4-5-11-39(36)32-40/h1-32,34-35H,33H2. The SMILES string of the molecule is c1ccc(-n2c3ccccc3c3cc(-c4ccc(N(c5ccc(-c6ccc7ccccc7c6)cc5)c5ccc6c(c5)Cc5ccccc5-6)cc4)ccc32)cc1.